The number of imidazole rings is 1. The Bertz CT molecular complexity index is 739. The molecule has 1 heterocycles. The van der Waals surface area contributed by atoms with Gasteiger partial charge in [-0.15, -0.1) is 0 Å². The van der Waals surface area contributed by atoms with Crippen molar-refractivity contribution < 1.29 is 0 Å². The number of hydrogen-bond donors (Lipinski definition) is 1. The predicted octanol–water partition coefficient (Wildman–Crippen LogP) is 3.16. The van der Waals surface area contributed by atoms with Crippen molar-refractivity contribution in [1.29, 1.82) is 0 Å². The van der Waals surface area contributed by atoms with Crippen molar-refractivity contribution in [3.05, 3.63) is 65.0 Å². The predicted molar refractivity (Wildman–Crippen MR) is 82.6 cm³/mol. The molecule has 0 bridgehead atoms. The van der Waals surface area contributed by atoms with Crippen molar-refractivity contribution in [2.75, 3.05) is 0 Å². The highest BCUT2D eigenvalue weighted by atomic mass is 15.0. The molecular formula is C17H19N3. The van der Waals surface area contributed by atoms with Crippen LogP contribution >= 0.6 is 0 Å². The van der Waals surface area contributed by atoms with Crippen molar-refractivity contribution in [2.24, 2.45) is 5.73 Å². The third kappa shape index (κ3) is 2.32. The summed E-state index contributed by atoms with van der Waals surface area (Å²) < 4.78 is 2.19. The van der Waals surface area contributed by atoms with E-state index in [4.69, 9.17) is 5.73 Å². The average Bonchev–Trinajstić information content (AvgIpc) is 2.83. The first-order valence-corrected chi connectivity index (χ1v) is 6.87. The molecule has 0 saturated carbocycles. The zero-order valence-corrected chi connectivity index (χ0v) is 11.9. The summed E-state index contributed by atoms with van der Waals surface area (Å²) in [5.41, 5.74) is 12.9. The van der Waals surface area contributed by atoms with Crippen LogP contribution in [0, 0.1) is 13.8 Å². The van der Waals surface area contributed by atoms with Crippen LogP contribution in [0.3, 0.4) is 0 Å². The molecule has 0 fully saturated rings. The van der Waals surface area contributed by atoms with E-state index in [1.54, 1.807) is 0 Å². The number of nitrogens with two attached hydrogens (primary N) is 1. The molecule has 102 valence electrons. The zero-order valence-electron chi connectivity index (χ0n) is 11.9. The molecule has 2 N–H and O–H groups in total. The maximum Gasteiger partial charge on any atom is 0.0961 e. The maximum absolute atomic E-state index is 5.63. The first-order valence-electron chi connectivity index (χ1n) is 6.87. The van der Waals surface area contributed by atoms with E-state index in [2.05, 4.69) is 59.8 Å². The van der Waals surface area contributed by atoms with Gasteiger partial charge in [0.25, 0.3) is 0 Å². The van der Waals surface area contributed by atoms with Crippen LogP contribution in [-0.2, 0) is 13.1 Å². The molecule has 3 heteroatoms. The number of benzene rings is 2. The molecule has 0 aliphatic rings. The first kappa shape index (κ1) is 12.9. The van der Waals surface area contributed by atoms with Gasteiger partial charge in [0.2, 0.25) is 0 Å². The standard InChI is InChI=1S/C17H19N3/c1-12-7-16-17(8-13(12)2)20(11-19-16)10-15-5-3-14(9-18)4-6-15/h3-8,11H,9-10,18H2,1-2H3. The summed E-state index contributed by atoms with van der Waals surface area (Å²) in [6, 6.07) is 12.8. The van der Waals surface area contributed by atoms with Gasteiger partial charge in [-0.1, -0.05) is 24.3 Å². The second kappa shape index (κ2) is 5.10. The van der Waals surface area contributed by atoms with Gasteiger partial charge >= 0.3 is 0 Å². The number of aryl methyl sites for hydroxylation is 2. The van der Waals surface area contributed by atoms with Crippen molar-refractivity contribution in [1.82, 2.24) is 9.55 Å². The molecule has 0 saturated heterocycles. The van der Waals surface area contributed by atoms with Crippen LogP contribution in [-0.4, -0.2) is 9.55 Å². The monoisotopic (exact) mass is 265 g/mol. The van der Waals surface area contributed by atoms with E-state index in [0.29, 0.717) is 6.54 Å². The first-order chi connectivity index (χ1) is 9.67. The Kier molecular flexibility index (Phi) is 3.28. The Morgan fingerprint density at radius 1 is 1.00 bits per heavy atom. The molecule has 0 aliphatic carbocycles. The summed E-state index contributed by atoms with van der Waals surface area (Å²) in [4.78, 5) is 4.49. The fraction of sp³-hybridized carbons (Fsp3) is 0.235. The lowest BCUT2D eigenvalue weighted by molar-refractivity contribution is 0.823. The van der Waals surface area contributed by atoms with Gasteiger partial charge in [0, 0.05) is 13.1 Å². The molecule has 0 atom stereocenters. The highest BCUT2D eigenvalue weighted by Crippen LogP contribution is 2.19. The lowest BCUT2D eigenvalue weighted by Gasteiger charge is -2.07. The zero-order chi connectivity index (χ0) is 14.1. The Morgan fingerprint density at radius 2 is 1.65 bits per heavy atom. The van der Waals surface area contributed by atoms with E-state index in [1.807, 2.05) is 6.33 Å². The van der Waals surface area contributed by atoms with E-state index in [0.717, 1.165) is 17.6 Å². The van der Waals surface area contributed by atoms with Crippen molar-refractivity contribution in [2.45, 2.75) is 26.9 Å². The summed E-state index contributed by atoms with van der Waals surface area (Å²) in [6.07, 6.45) is 1.92. The quantitative estimate of drug-likeness (QED) is 0.790. The van der Waals surface area contributed by atoms with Gasteiger partial charge in [-0.25, -0.2) is 4.98 Å². The topological polar surface area (TPSA) is 43.8 Å². The number of nitrogens with zero attached hydrogens (tertiary/aromatic N) is 2. The molecule has 2 aromatic carbocycles. The second-order valence-electron chi connectivity index (χ2n) is 5.32. The molecule has 0 spiro atoms. The number of hydrogen-bond acceptors (Lipinski definition) is 2. The van der Waals surface area contributed by atoms with Crippen molar-refractivity contribution >= 4 is 11.0 Å². The van der Waals surface area contributed by atoms with Crippen molar-refractivity contribution in [3.63, 3.8) is 0 Å². The lowest BCUT2D eigenvalue weighted by Crippen LogP contribution is -2.00. The van der Waals surface area contributed by atoms with E-state index in [-0.39, 0.29) is 0 Å². The van der Waals surface area contributed by atoms with Crippen LogP contribution in [0.2, 0.25) is 0 Å². The molecule has 3 rings (SSSR count). The lowest BCUT2D eigenvalue weighted by atomic mass is 10.1. The second-order valence-corrected chi connectivity index (χ2v) is 5.32. The molecule has 0 radical (unpaired) electrons. The van der Waals surface area contributed by atoms with Gasteiger partial charge in [-0.3, -0.25) is 0 Å². The number of rotatable bonds is 3. The van der Waals surface area contributed by atoms with Crippen molar-refractivity contribution in [3.8, 4) is 0 Å². The smallest absolute Gasteiger partial charge is 0.0961 e. The Labute approximate surface area is 119 Å². The minimum Gasteiger partial charge on any atom is -0.326 e. The largest absolute Gasteiger partial charge is 0.326 e. The SMILES string of the molecule is Cc1cc2ncn(Cc3ccc(CN)cc3)c2cc1C. The van der Waals surface area contributed by atoms with Gasteiger partial charge in [-0.05, 0) is 48.2 Å². The molecule has 0 unspecified atom stereocenters. The van der Waals surface area contributed by atoms with Gasteiger partial charge in [0.15, 0.2) is 0 Å². The van der Waals surface area contributed by atoms with Gasteiger partial charge < -0.3 is 10.3 Å². The Morgan fingerprint density at radius 3 is 2.35 bits per heavy atom. The Hall–Kier alpha value is -2.13. The molecule has 0 amide bonds. The van der Waals surface area contributed by atoms with Gasteiger partial charge in [0.1, 0.15) is 0 Å². The normalized spacial score (nSPS) is 11.2. The summed E-state index contributed by atoms with van der Waals surface area (Å²) in [6.45, 7) is 5.69. The van der Waals surface area contributed by atoms with E-state index in [9.17, 15) is 0 Å². The molecule has 0 aliphatic heterocycles. The van der Waals surface area contributed by atoms with Crippen LogP contribution in [0.15, 0.2) is 42.7 Å². The summed E-state index contributed by atoms with van der Waals surface area (Å²) in [7, 11) is 0. The van der Waals surface area contributed by atoms with E-state index >= 15 is 0 Å². The minimum absolute atomic E-state index is 0.590. The summed E-state index contributed by atoms with van der Waals surface area (Å²) in [5.74, 6) is 0. The average molecular weight is 265 g/mol. The maximum atomic E-state index is 5.63. The third-order valence-corrected chi connectivity index (χ3v) is 3.85. The van der Waals surface area contributed by atoms with Gasteiger partial charge in [-0.2, -0.15) is 0 Å². The van der Waals surface area contributed by atoms with E-state index < -0.39 is 0 Å². The highest BCUT2D eigenvalue weighted by Gasteiger charge is 2.05. The fourth-order valence-electron chi connectivity index (χ4n) is 2.42. The fourth-order valence-corrected chi connectivity index (χ4v) is 2.42. The minimum atomic E-state index is 0.590. The van der Waals surface area contributed by atoms with Crippen LogP contribution in [0.5, 0.6) is 0 Å². The van der Waals surface area contributed by atoms with E-state index in [1.165, 1.54) is 22.2 Å². The Balaban J connectivity index is 1.95. The summed E-state index contributed by atoms with van der Waals surface area (Å²) in [5, 5.41) is 0. The molecule has 3 nitrogen and oxygen atoms in total. The number of aromatic nitrogens is 2. The molecule has 1 aromatic heterocycles. The molecule has 3 aromatic rings. The van der Waals surface area contributed by atoms with Crippen LogP contribution in [0.1, 0.15) is 22.3 Å². The molecular weight excluding hydrogens is 246 g/mol. The van der Waals surface area contributed by atoms with Crippen LogP contribution in [0.25, 0.3) is 11.0 Å². The van der Waals surface area contributed by atoms with Gasteiger partial charge in [0.05, 0.1) is 17.4 Å². The third-order valence-electron chi connectivity index (χ3n) is 3.85. The van der Waals surface area contributed by atoms with Crippen LogP contribution < -0.4 is 5.73 Å². The molecule has 20 heavy (non-hydrogen) atoms. The highest BCUT2D eigenvalue weighted by molar-refractivity contribution is 5.77. The number of fused-ring (bicyclic) bond motifs is 1. The van der Waals surface area contributed by atoms with Crippen LogP contribution in [0.4, 0.5) is 0 Å². The summed E-state index contributed by atoms with van der Waals surface area (Å²) >= 11 is 0.